The van der Waals surface area contributed by atoms with Crippen LogP contribution in [0.5, 0.6) is 0 Å². The Labute approximate surface area is 89.0 Å². The van der Waals surface area contributed by atoms with Crippen molar-refractivity contribution < 1.29 is 9.18 Å². The monoisotopic (exact) mass is 264 g/mol. The van der Waals surface area contributed by atoms with Gasteiger partial charge in [0, 0.05) is 6.42 Å². The second kappa shape index (κ2) is 4.72. The highest BCUT2D eigenvalue weighted by Gasteiger charge is 2.04. The highest BCUT2D eigenvalue weighted by Crippen LogP contribution is 2.16. The van der Waals surface area contributed by atoms with Crippen molar-refractivity contribution in [3.8, 4) is 0 Å². The maximum absolute atomic E-state index is 12.9. The first-order chi connectivity index (χ1) is 6.13. The molecule has 0 amide bonds. The number of halogens is 3. The first-order valence-electron chi connectivity index (χ1n) is 3.65. The number of ketones is 1. The Hall–Kier alpha value is -0.410. The molecule has 1 nitrogen and oxygen atoms in total. The standard InChI is InChI=1S/C9H7BrClFO/c10-8-2-1-6(4-9(8)12)3-7(13)5-11/h1-2,4H,3,5H2. The molecule has 1 aromatic rings. The fourth-order valence-corrected chi connectivity index (χ4v) is 1.27. The number of Topliss-reactive ketones (excluding diaryl/α,β-unsaturated/α-hetero) is 1. The molecule has 0 atom stereocenters. The lowest BCUT2D eigenvalue weighted by molar-refractivity contribution is -0.116. The Morgan fingerprint density at radius 1 is 1.54 bits per heavy atom. The molecular weight excluding hydrogens is 258 g/mol. The van der Waals surface area contributed by atoms with E-state index in [-0.39, 0.29) is 23.9 Å². The minimum Gasteiger partial charge on any atom is -0.298 e. The van der Waals surface area contributed by atoms with E-state index in [1.807, 2.05) is 0 Å². The quantitative estimate of drug-likeness (QED) is 0.768. The van der Waals surface area contributed by atoms with Gasteiger partial charge in [-0.25, -0.2) is 4.39 Å². The normalized spacial score (nSPS) is 10.1. The highest BCUT2D eigenvalue weighted by atomic mass is 79.9. The van der Waals surface area contributed by atoms with Crippen LogP contribution in [0.1, 0.15) is 5.56 Å². The highest BCUT2D eigenvalue weighted by molar-refractivity contribution is 9.10. The molecule has 0 aliphatic heterocycles. The van der Waals surface area contributed by atoms with E-state index in [2.05, 4.69) is 15.9 Å². The number of hydrogen-bond acceptors (Lipinski definition) is 1. The fourth-order valence-electron chi connectivity index (χ4n) is 0.925. The zero-order chi connectivity index (χ0) is 9.84. The topological polar surface area (TPSA) is 17.1 Å². The predicted octanol–water partition coefficient (Wildman–Crippen LogP) is 2.94. The second-order valence-corrected chi connectivity index (χ2v) is 3.72. The average molecular weight is 266 g/mol. The molecule has 1 rings (SSSR count). The Morgan fingerprint density at radius 2 is 2.23 bits per heavy atom. The Morgan fingerprint density at radius 3 is 2.77 bits per heavy atom. The first-order valence-corrected chi connectivity index (χ1v) is 4.98. The van der Waals surface area contributed by atoms with Gasteiger partial charge < -0.3 is 0 Å². The van der Waals surface area contributed by atoms with Gasteiger partial charge in [-0.2, -0.15) is 0 Å². The second-order valence-electron chi connectivity index (χ2n) is 2.60. The summed E-state index contributed by atoms with van der Waals surface area (Å²) in [5, 5.41) is 0. The van der Waals surface area contributed by atoms with E-state index in [0.717, 1.165) is 0 Å². The van der Waals surface area contributed by atoms with Crippen molar-refractivity contribution in [2.24, 2.45) is 0 Å². The van der Waals surface area contributed by atoms with E-state index in [4.69, 9.17) is 11.6 Å². The molecule has 0 saturated heterocycles. The van der Waals surface area contributed by atoms with Crippen LogP contribution >= 0.6 is 27.5 Å². The van der Waals surface area contributed by atoms with E-state index < -0.39 is 0 Å². The molecule has 0 bridgehead atoms. The van der Waals surface area contributed by atoms with Gasteiger partial charge in [-0.1, -0.05) is 6.07 Å². The van der Waals surface area contributed by atoms with Gasteiger partial charge in [0.2, 0.25) is 0 Å². The largest absolute Gasteiger partial charge is 0.298 e. The van der Waals surface area contributed by atoms with Gasteiger partial charge in [0.1, 0.15) is 5.82 Å². The van der Waals surface area contributed by atoms with Crippen molar-refractivity contribution in [1.82, 2.24) is 0 Å². The minimum absolute atomic E-state index is 0.0301. The van der Waals surface area contributed by atoms with Gasteiger partial charge in [-0.3, -0.25) is 4.79 Å². The van der Waals surface area contributed by atoms with Gasteiger partial charge in [0.05, 0.1) is 10.4 Å². The molecule has 0 radical (unpaired) electrons. The van der Waals surface area contributed by atoms with Crippen molar-refractivity contribution in [1.29, 1.82) is 0 Å². The van der Waals surface area contributed by atoms with Crippen molar-refractivity contribution in [2.75, 3.05) is 5.88 Å². The maximum atomic E-state index is 12.9. The lowest BCUT2D eigenvalue weighted by Crippen LogP contribution is -2.03. The third-order valence-corrected chi connectivity index (χ3v) is 2.48. The molecule has 0 aliphatic carbocycles. The molecule has 0 spiro atoms. The SMILES string of the molecule is O=C(CCl)Cc1ccc(Br)c(F)c1. The number of carbonyl (C=O) groups is 1. The van der Waals surface area contributed by atoms with Crippen LogP contribution in [-0.4, -0.2) is 11.7 Å². The third kappa shape index (κ3) is 3.08. The van der Waals surface area contributed by atoms with Gasteiger partial charge in [0.25, 0.3) is 0 Å². The molecule has 70 valence electrons. The van der Waals surface area contributed by atoms with E-state index in [1.54, 1.807) is 12.1 Å². The summed E-state index contributed by atoms with van der Waals surface area (Å²) in [4.78, 5) is 10.9. The predicted molar refractivity (Wildman–Crippen MR) is 53.5 cm³/mol. The number of benzene rings is 1. The summed E-state index contributed by atoms with van der Waals surface area (Å²) in [6, 6.07) is 4.60. The summed E-state index contributed by atoms with van der Waals surface area (Å²) in [6.07, 6.45) is 0.188. The molecule has 13 heavy (non-hydrogen) atoms. The van der Waals surface area contributed by atoms with Crippen molar-refractivity contribution in [3.63, 3.8) is 0 Å². The van der Waals surface area contributed by atoms with Crippen molar-refractivity contribution >= 4 is 33.3 Å². The molecule has 0 aromatic heterocycles. The van der Waals surface area contributed by atoms with Gasteiger partial charge >= 0.3 is 0 Å². The number of rotatable bonds is 3. The van der Waals surface area contributed by atoms with E-state index in [1.165, 1.54) is 6.07 Å². The Kier molecular flexibility index (Phi) is 3.88. The number of carbonyl (C=O) groups excluding carboxylic acids is 1. The lowest BCUT2D eigenvalue weighted by atomic mass is 10.1. The summed E-state index contributed by atoms with van der Waals surface area (Å²) in [6.45, 7) is 0. The van der Waals surface area contributed by atoms with Crippen molar-refractivity contribution in [2.45, 2.75) is 6.42 Å². The van der Waals surface area contributed by atoms with E-state index >= 15 is 0 Å². The summed E-state index contributed by atoms with van der Waals surface area (Å²) < 4.78 is 13.3. The molecule has 0 N–H and O–H groups in total. The number of hydrogen-bond donors (Lipinski definition) is 0. The van der Waals surface area contributed by atoms with E-state index in [0.29, 0.717) is 10.0 Å². The minimum atomic E-state index is -0.361. The van der Waals surface area contributed by atoms with Crippen LogP contribution in [0.15, 0.2) is 22.7 Å². The summed E-state index contributed by atoms with van der Waals surface area (Å²) in [7, 11) is 0. The van der Waals surface area contributed by atoms with Crippen LogP contribution in [-0.2, 0) is 11.2 Å². The first kappa shape index (κ1) is 10.7. The fraction of sp³-hybridized carbons (Fsp3) is 0.222. The van der Waals surface area contributed by atoms with Gasteiger partial charge in [-0.05, 0) is 33.6 Å². The summed E-state index contributed by atoms with van der Waals surface area (Å²) in [5.74, 6) is -0.499. The lowest BCUT2D eigenvalue weighted by Gasteiger charge is -1.99. The van der Waals surface area contributed by atoms with Crippen LogP contribution in [0, 0.1) is 5.82 Å². The van der Waals surface area contributed by atoms with Crippen LogP contribution in [0.4, 0.5) is 4.39 Å². The van der Waals surface area contributed by atoms with Crippen LogP contribution in [0.25, 0.3) is 0 Å². The summed E-state index contributed by atoms with van der Waals surface area (Å²) >= 11 is 8.35. The zero-order valence-corrected chi connectivity index (χ0v) is 9.03. The van der Waals surface area contributed by atoms with E-state index in [9.17, 15) is 9.18 Å². The molecule has 0 saturated carbocycles. The Bertz CT molecular complexity index is 327. The van der Waals surface area contributed by atoms with Gasteiger partial charge in [-0.15, -0.1) is 11.6 Å². The van der Waals surface area contributed by atoms with Crippen LogP contribution < -0.4 is 0 Å². The molecule has 0 heterocycles. The average Bonchev–Trinajstić information content (AvgIpc) is 2.11. The summed E-state index contributed by atoms with van der Waals surface area (Å²) in [5.41, 5.74) is 0.645. The molecule has 4 heteroatoms. The molecule has 0 aliphatic rings. The van der Waals surface area contributed by atoms with Crippen LogP contribution in [0.3, 0.4) is 0 Å². The van der Waals surface area contributed by atoms with Crippen molar-refractivity contribution in [3.05, 3.63) is 34.1 Å². The molecule has 0 fully saturated rings. The Balaban J connectivity index is 2.79. The smallest absolute Gasteiger partial charge is 0.151 e. The third-order valence-electron chi connectivity index (χ3n) is 1.53. The zero-order valence-electron chi connectivity index (χ0n) is 6.69. The molecule has 1 aromatic carbocycles. The number of alkyl halides is 1. The van der Waals surface area contributed by atoms with Gasteiger partial charge in [0.15, 0.2) is 5.78 Å². The van der Waals surface area contributed by atoms with Crippen LogP contribution in [0.2, 0.25) is 0 Å². The molecule has 0 unspecified atom stereocenters. The maximum Gasteiger partial charge on any atom is 0.151 e. The molecular formula is C9H7BrClFO.